The van der Waals surface area contributed by atoms with E-state index in [1.54, 1.807) is 23.5 Å². The topological polar surface area (TPSA) is 29.1 Å². The summed E-state index contributed by atoms with van der Waals surface area (Å²) in [6, 6.07) is 15.6. The highest BCUT2D eigenvalue weighted by molar-refractivity contribution is 8.00. The van der Waals surface area contributed by atoms with Crippen LogP contribution in [0.5, 0.6) is 0 Å². The van der Waals surface area contributed by atoms with Gasteiger partial charge >= 0.3 is 0 Å². The second-order valence-electron chi connectivity index (χ2n) is 5.56. The number of hydrogen-bond donors (Lipinski definition) is 1. The summed E-state index contributed by atoms with van der Waals surface area (Å²) >= 11 is 9.62. The molecule has 24 heavy (non-hydrogen) atoms. The number of hydrogen-bond acceptors (Lipinski definition) is 3. The lowest BCUT2D eigenvalue weighted by atomic mass is 10.2. The van der Waals surface area contributed by atoms with Gasteiger partial charge in [-0.25, -0.2) is 0 Å². The summed E-state index contributed by atoms with van der Waals surface area (Å²) in [5.74, 6) is 1.71. The summed E-state index contributed by atoms with van der Waals surface area (Å²) in [7, 11) is 0. The Morgan fingerprint density at radius 1 is 1.12 bits per heavy atom. The summed E-state index contributed by atoms with van der Waals surface area (Å²) in [5, 5.41) is 4.26. The van der Waals surface area contributed by atoms with Crippen LogP contribution in [0.2, 0.25) is 5.02 Å². The molecule has 2 aromatic carbocycles. The lowest BCUT2D eigenvalue weighted by Crippen LogP contribution is -2.26. The summed E-state index contributed by atoms with van der Waals surface area (Å²) in [6.07, 6.45) is 0. The molecule has 0 radical (unpaired) electrons. The van der Waals surface area contributed by atoms with E-state index in [1.165, 1.54) is 0 Å². The minimum Gasteiger partial charge on any atom is -0.351 e. The molecule has 2 nitrogen and oxygen atoms in total. The van der Waals surface area contributed by atoms with Gasteiger partial charge in [-0.1, -0.05) is 55.8 Å². The van der Waals surface area contributed by atoms with E-state index in [2.05, 4.69) is 19.2 Å². The molecule has 0 saturated carbocycles. The van der Waals surface area contributed by atoms with Crippen LogP contribution < -0.4 is 5.32 Å². The Morgan fingerprint density at radius 3 is 2.58 bits per heavy atom. The van der Waals surface area contributed by atoms with Crippen molar-refractivity contribution in [2.24, 2.45) is 0 Å². The minimum atomic E-state index is -0.00269. The van der Waals surface area contributed by atoms with E-state index in [0.29, 0.717) is 11.8 Å². The third-order valence-corrected chi connectivity index (χ3v) is 5.70. The number of carbonyl (C=O) groups is 1. The van der Waals surface area contributed by atoms with Crippen LogP contribution in [0.25, 0.3) is 0 Å². The molecule has 2 rings (SSSR count). The van der Waals surface area contributed by atoms with Gasteiger partial charge in [0.25, 0.3) is 5.91 Å². The van der Waals surface area contributed by atoms with E-state index < -0.39 is 0 Å². The van der Waals surface area contributed by atoms with Crippen molar-refractivity contribution in [1.82, 2.24) is 5.32 Å². The zero-order valence-corrected chi connectivity index (χ0v) is 16.3. The van der Waals surface area contributed by atoms with Crippen molar-refractivity contribution in [2.75, 3.05) is 12.3 Å². The van der Waals surface area contributed by atoms with Crippen LogP contribution in [0.4, 0.5) is 0 Å². The van der Waals surface area contributed by atoms with Crippen LogP contribution in [0.3, 0.4) is 0 Å². The molecular formula is C19H22ClNOS2. The first-order valence-electron chi connectivity index (χ1n) is 7.93. The highest BCUT2D eigenvalue weighted by atomic mass is 35.5. The Labute approximate surface area is 157 Å². The Balaban J connectivity index is 1.78. The molecule has 0 aliphatic heterocycles. The zero-order chi connectivity index (χ0) is 17.4. The Kier molecular flexibility index (Phi) is 8.03. The maximum Gasteiger partial charge on any atom is 0.252 e. The third-order valence-electron chi connectivity index (χ3n) is 3.24. The average Bonchev–Trinajstić information content (AvgIpc) is 2.56. The highest BCUT2D eigenvalue weighted by Gasteiger charge is 2.11. The molecule has 1 amide bonds. The first-order valence-corrected chi connectivity index (χ1v) is 10.3. The molecule has 0 saturated heterocycles. The van der Waals surface area contributed by atoms with Gasteiger partial charge in [0.2, 0.25) is 0 Å². The maximum absolute atomic E-state index is 12.4. The van der Waals surface area contributed by atoms with Crippen molar-refractivity contribution in [2.45, 2.75) is 29.7 Å². The molecule has 0 fully saturated rings. The van der Waals surface area contributed by atoms with Gasteiger partial charge in [0.05, 0.1) is 5.56 Å². The molecule has 2 aromatic rings. The van der Waals surface area contributed by atoms with Crippen LogP contribution in [0.15, 0.2) is 53.4 Å². The summed E-state index contributed by atoms with van der Waals surface area (Å²) < 4.78 is 0. The fourth-order valence-corrected chi connectivity index (χ4v) is 4.24. The van der Waals surface area contributed by atoms with E-state index in [1.807, 2.05) is 48.5 Å². The van der Waals surface area contributed by atoms with Gasteiger partial charge in [-0.3, -0.25) is 4.79 Å². The smallest absolute Gasteiger partial charge is 0.252 e. The average molecular weight is 380 g/mol. The van der Waals surface area contributed by atoms with Crippen LogP contribution in [-0.4, -0.2) is 23.5 Å². The molecule has 0 spiro atoms. The monoisotopic (exact) mass is 379 g/mol. The second-order valence-corrected chi connectivity index (χ2v) is 8.69. The molecule has 0 aromatic heterocycles. The standard InChI is InChI=1S/C19H22ClNOS2/c1-14(2)24-18-10-6-4-8-16(18)19(22)21-11-12-23-13-15-7-3-5-9-17(15)20/h3-10,14H,11-13H2,1-2H3,(H,21,22). The van der Waals surface area contributed by atoms with Gasteiger partial charge < -0.3 is 5.32 Å². The molecule has 0 bridgehead atoms. The van der Waals surface area contributed by atoms with E-state index in [4.69, 9.17) is 11.6 Å². The number of halogens is 1. The van der Waals surface area contributed by atoms with E-state index in [0.717, 1.165) is 32.6 Å². The predicted molar refractivity (Wildman–Crippen MR) is 107 cm³/mol. The molecule has 0 aliphatic rings. The van der Waals surface area contributed by atoms with Crippen molar-refractivity contribution in [1.29, 1.82) is 0 Å². The van der Waals surface area contributed by atoms with Crippen molar-refractivity contribution >= 4 is 41.0 Å². The van der Waals surface area contributed by atoms with Crippen molar-refractivity contribution < 1.29 is 4.79 Å². The van der Waals surface area contributed by atoms with Crippen molar-refractivity contribution in [3.63, 3.8) is 0 Å². The second kappa shape index (κ2) is 10.0. The largest absolute Gasteiger partial charge is 0.351 e. The Bertz CT molecular complexity index is 676. The van der Waals surface area contributed by atoms with E-state index >= 15 is 0 Å². The van der Waals surface area contributed by atoms with Crippen LogP contribution in [0, 0.1) is 0 Å². The first kappa shape index (κ1) is 19.2. The van der Waals surface area contributed by atoms with Gasteiger partial charge in [-0.05, 0) is 23.8 Å². The van der Waals surface area contributed by atoms with Gasteiger partial charge in [-0.15, -0.1) is 11.8 Å². The Morgan fingerprint density at radius 2 is 1.83 bits per heavy atom. The summed E-state index contributed by atoms with van der Waals surface area (Å²) in [4.78, 5) is 13.4. The summed E-state index contributed by atoms with van der Waals surface area (Å²) in [6.45, 7) is 4.91. The van der Waals surface area contributed by atoms with E-state index in [-0.39, 0.29) is 5.91 Å². The molecule has 0 unspecified atom stereocenters. The predicted octanol–water partition coefficient (Wildman–Crippen LogP) is 5.50. The molecule has 0 atom stereocenters. The first-order chi connectivity index (χ1) is 11.6. The van der Waals surface area contributed by atoms with E-state index in [9.17, 15) is 4.79 Å². The molecular weight excluding hydrogens is 358 g/mol. The number of rotatable bonds is 8. The lowest BCUT2D eigenvalue weighted by molar-refractivity contribution is 0.0953. The number of nitrogens with one attached hydrogen (secondary N) is 1. The molecule has 0 aliphatic carbocycles. The number of thioether (sulfide) groups is 2. The molecule has 128 valence electrons. The zero-order valence-electron chi connectivity index (χ0n) is 13.9. The Hall–Kier alpha value is -1.10. The van der Waals surface area contributed by atoms with Gasteiger partial charge in [0, 0.05) is 33.2 Å². The minimum absolute atomic E-state index is 0.00269. The number of carbonyl (C=O) groups excluding carboxylic acids is 1. The van der Waals surface area contributed by atoms with Crippen LogP contribution in [-0.2, 0) is 5.75 Å². The van der Waals surface area contributed by atoms with Gasteiger partial charge in [0.15, 0.2) is 0 Å². The SMILES string of the molecule is CC(C)Sc1ccccc1C(=O)NCCSCc1ccccc1Cl. The van der Waals surface area contributed by atoms with Crippen LogP contribution >= 0.6 is 35.1 Å². The quantitative estimate of drug-likeness (QED) is 0.484. The highest BCUT2D eigenvalue weighted by Crippen LogP contribution is 2.26. The van der Waals surface area contributed by atoms with Crippen molar-refractivity contribution in [3.8, 4) is 0 Å². The maximum atomic E-state index is 12.4. The third kappa shape index (κ3) is 6.08. The molecule has 5 heteroatoms. The van der Waals surface area contributed by atoms with Gasteiger partial charge in [-0.2, -0.15) is 11.8 Å². The number of benzene rings is 2. The molecule has 1 N–H and O–H groups in total. The van der Waals surface area contributed by atoms with Crippen LogP contribution in [0.1, 0.15) is 29.8 Å². The molecule has 0 heterocycles. The normalized spacial score (nSPS) is 10.8. The fourth-order valence-electron chi connectivity index (χ4n) is 2.14. The van der Waals surface area contributed by atoms with Gasteiger partial charge in [0.1, 0.15) is 0 Å². The summed E-state index contributed by atoms with van der Waals surface area (Å²) in [5.41, 5.74) is 1.89. The lowest BCUT2D eigenvalue weighted by Gasteiger charge is -2.11. The number of amides is 1. The van der Waals surface area contributed by atoms with Crippen molar-refractivity contribution in [3.05, 3.63) is 64.7 Å². The fraction of sp³-hybridized carbons (Fsp3) is 0.316.